The van der Waals surface area contributed by atoms with E-state index in [4.69, 9.17) is 0 Å². The lowest BCUT2D eigenvalue weighted by Crippen LogP contribution is -2.15. The molecule has 0 N–H and O–H groups in total. The molecule has 4 nitrogen and oxygen atoms in total. The molecule has 0 saturated carbocycles. The lowest BCUT2D eigenvalue weighted by Gasteiger charge is -2.10. The molecule has 0 bridgehead atoms. The van der Waals surface area contributed by atoms with E-state index in [1.807, 2.05) is 13.8 Å². The number of nitro benzene ring substituents is 1. The van der Waals surface area contributed by atoms with Crippen molar-refractivity contribution in [2.45, 2.75) is 33.1 Å². The molecule has 0 atom stereocenters. The molecule has 0 fully saturated rings. The average molecular weight is 235 g/mol. The molecule has 1 rings (SSSR count). The van der Waals surface area contributed by atoms with Crippen molar-refractivity contribution in [2.24, 2.45) is 5.92 Å². The van der Waals surface area contributed by atoms with Gasteiger partial charge in [-0.15, -0.1) is 0 Å². The second kappa shape index (κ2) is 6.13. The number of carbonyl (C=O) groups excluding carboxylic acids is 1. The van der Waals surface area contributed by atoms with Gasteiger partial charge in [0, 0.05) is 24.0 Å². The first kappa shape index (κ1) is 13.4. The Bertz CT molecular complexity index is 411. The number of Topliss-reactive ketones (excluding diaryl/α,β-unsaturated/α-hetero) is 1. The van der Waals surface area contributed by atoms with Crippen molar-refractivity contribution in [3.05, 3.63) is 39.9 Å². The number of nitro groups is 1. The van der Waals surface area contributed by atoms with E-state index in [2.05, 4.69) is 0 Å². The zero-order chi connectivity index (χ0) is 12.8. The summed E-state index contributed by atoms with van der Waals surface area (Å²) < 4.78 is 0. The molecule has 92 valence electrons. The van der Waals surface area contributed by atoms with Gasteiger partial charge in [0.25, 0.3) is 5.69 Å². The highest BCUT2D eigenvalue weighted by molar-refractivity contribution is 5.84. The van der Waals surface area contributed by atoms with Gasteiger partial charge in [0.05, 0.1) is 4.92 Å². The summed E-state index contributed by atoms with van der Waals surface area (Å²) in [7, 11) is 0. The molecule has 0 aliphatic rings. The van der Waals surface area contributed by atoms with Crippen LogP contribution in [-0.2, 0) is 11.2 Å². The molecule has 0 amide bonds. The van der Waals surface area contributed by atoms with E-state index in [0.717, 1.165) is 12.8 Å². The molecular weight excluding hydrogens is 218 g/mol. The molecular formula is C13H17NO3. The van der Waals surface area contributed by atoms with Gasteiger partial charge in [0.15, 0.2) is 0 Å². The number of hydrogen-bond donors (Lipinski definition) is 0. The summed E-state index contributed by atoms with van der Waals surface area (Å²) in [6.45, 7) is 3.93. The van der Waals surface area contributed by atoms with Gasteiger partial charge < -0.3 is 0 Å². The van der Waals surface area contributed by atoms with Gasteiger partial charge in [-0.1, -0.05) is 32.0 Å². The van der Waals surface area contributed by atoms with E-state index in [-0.39, 0.29) is 23.8 Å². The molecule has 1 aromatic carbocycles. The third kappa shape index (κ3) is 3.37. The minimum absolute atomic E-state index is 0.00908. The summed E-state index contributed by atoms with van der Waals surface area (Å²) in [6, 6.07) is 6.43. The van der Waals surface area contributed by atoms with Crippen LogP contribution in [-0.4, -0.2) is 10.7 Å². The van der Waals surface area contributed by atoms with Gasteiger partial charge in [-0.05, 0) is 12.8 Å². The zero-order valence-corrected chi connectivity index (χ0v) is 10.2. The number of rotatable bonds is 6. The number of nitrogens with zero attached hydrogens (tertiary/aromatic N) is 1. The van der Waals surface area contributed by atoms with E-state index >= 15 is 0 Å². The van der Waals surface area contributed by atoms with Crippen LogP contribution in [0.3, 0.4) is 0 Å². The quantitative estimate of drug-likeness (QED) is 0.562. The molecule has 0 aliphatic heterocycles. The van der Waals surface area contributed by atoms with E-state index in [9.17, 15) is 14.9 Å². The van der Waals surface area contributed by atoms with Crippen LogP contribution in [0, 0.1) is 16.0 Å². The topological polar surface area (TPSA) is 60.2 Å². The van der Waals surface area contributed by atoms with Crippen molar-refractivity contribution < 1.29 is 9.72 Å². The highest BCUT2D eigenvalue weighted by Crippen LogP contribution is 2.21. The third-order valence-corrected chi connectivity index (χ3v) is 2.99. The molecule has 0 heterocycles. The highest BCUT2D eigenvalue weighted by Gasteiger charge is 2.19. The fourth-order valence-electron chi connectivity index (χ4n) is 1.91. The van der Waals surface area contributed by atoms with E-state index in [1.54, 1.807) is 18.2 Å². The third-order valence-electron chi connectivity index (χ3n) is 2.99. The van der Waals surface area contributed by atoms with Crippen molar-refractivity contribution in [2.75, 3.05) is 0 Å². The average Bonchev–Trinajstić information content (AvgIpc) is 2.31. The van der Waals surface area contributed by atoms with Crippen LogP contribution < -0.4 is 0 Å². The predicted molar refractivity (Wildman–Crippen MR) is 65.9 cm³/mol. The smallest absolute Gasteiger partial charge is 0.273 e. The molecule has 1 aromatic rings. The summed E-state index contributed by atoms with van der Waals surface area (Å²) in [6.07, 6.45) is 1.73. The van der Waals surface area contributed by atoms with Crippen LogP contribution in [0.15, 0.2) is 24.3 Å². The normalized spacial score (nSPS) is 10.5. The first-order valence-corrected chi connectivity index (χ1v) is 5.85. The first-order valence-electron chi connectivity index (χ1n) is 5.85. The Morgan fingerprint density at radius 3 is 2.41 bits per heavy atom. The molecule has 0 aromatic heterocycles. The van der Waals surface area contributed by atoms with Crippen LogP contribution in [0.1, 0.15) is 32.3 Å². The Kier molecular flexibility index (Phi) is 4.82. The fraction of sp³-hybridized carbons (Fsp3) is 0.462. The van der Waals surface area contributed by atoms with Crippen LogP contribution in [0.25, 0.3) is 0 Å². The van der Waals surface area contributed by atoms with Gasteiger partial charge in [0.1, 0.15) is 5.78 Å². The molecule has 0 saturated heterocycles. The van der Waals surface area contributed by atoms with E-state index in [0.29, 0.717) is 5.56 Å². The zero-order valence-electron chi connectivity index (χ0n) is 10.2. The summed E-state index contributed by atoms with van der Waals surface area (Å²) in [5.41, 5.74) is 0.543. The maximum absolute atomic E-state index is 11.9. The van der Waals surface area contributed by atoms with Crippen molar-refractivity contribution in [1.82, 2.24) is 0 Å². The number of ketones is 1. The monoisotopic (exact) mass is 235 g/mol. The molecule has 0 unspecified atom stereocenters. The van der Waals surface area contributed by atoms with E-state index < -0.39 is 4.92 Å². The second-order valence-corrected chi connectivity index (χ2v) is 4.04. The fourth-order valence-corrected chi connectivity index (χ4v) is 1.91. The van der Waals surface area contributed by atoms with Crippen LogP contribution in [0.4, 0.5) is 5.69 Å². The van der Waals surface area contributed by atoms with Gasteiger partial charge in [0.2, 0.25) is 0 Å². The summed E-state index contributed by atoms with van der Waals surface area (Å²) in [5, 5.41) is 10.8. The number of benzene rings is 1. The summed E-state index contributed by atoms with van der Waals surface area (Å²) in [4.78, 5) is 22.3. The Labute approximate surface area is 101 Å². The minimum Gasteiger partial charge on any atom is -0.299 e. The maximum atomic E-state index is 11.9. The van der Waals surface area contributed by atoms with Crippen molar-refractivity contribution >= 4 is 11.5 Å². The number of carbonyl (C=O) groups is 1. The molecule has 0 spiro atoms. The van der Waals surface area contributed by atoms with Crippen LogP contribution in [0.2, 0.25) is 0 Å². The second-order valence-electron chi connectivity index (χ2n) is 4.04. The van der Waals surface area contributed by atoms with Gasteiger partial charge in [-0.25, -0.2) is 0 Å². The standard InChI is InChI=1S/C13H17NO3/c1-3-10(4-2)13(15)9-11-7-5-6-8-12(11)14(16)17/h5-8,10H,3-4,9H2,1-2H3. The first-order chi connectivity index (χ1) is 8.10. The van der Waals surface area contributed by atoms with E-state index in [1.165, 1.54) is 6.07 Å². The molecule has 0 aliphatic carbocycles. The summed E-state index contributed by atoms with van der Waals surface area (Å²) in [5.74, 6) is 0.0964. The number of hydrogen-bond acceptors (Lipinski definition) is 3. The van der Waals surface area contributed by atoms with Gasteiger partial charge in [-0.3, -0.25) is 14.9 Å². The van der Waals surface area contributed by atoms with Gasteiger partial charge >= 0.3 is 0 Å². The SMILES string of the molecule is CCC(CC)C(=O)Cc1ccccc1[N+](=O)[O-]. The Morgan fingerprint density at radius 2 is 1.88 bits per heavy atom. The minimum atomic E-state index is -0.435. The molecule has 4 heteroatoms. The Hall–Kier alpha value is -1.71. The Balaban J connectivity index is 2.88. The Morgan fingerprint density at radius 1 is 1.29 bits per heavy atom. The predicted octanol–water partition coefficient (Wildman–Crippen LogP) is 3.14. The largest absolute Gasteiger partial charge is 0.299 e. The van der Waals surface area contributed by atoms with Crippen LogP contribution >= 0.6 is 0 Å². The molecule has 17 heavy (non-hydrogen) atoms. The van der Waals surface area contributed by atoms with Crippen LogP contribution in [0.5, 0.6) is 0 Å². The van der Waals surface area contributed by atoms with Crippen molar-refractivity contribution in [3.8, 4) is 0 Å². The van der Waals surface area contributed by atoms with Crippen molar-refractivity contribution in [1.29, 1.82) is 0 Å². The van der Waals surface area contributed by atoms with Gasteiger partial charge in [-0.2, -0.15) is 0 Å². The molecule has 0 radical (unpaired) electrons. The lowest BCUT2D eigenvalue weighted by molar-refractivity contribution is -0.385. The summed E-state index contributed by atoms with van der Waals surface area (Å²) >= 11 is 0. The highest BCUT2D eigenvalue weighted by atomic mass is 16.6. The maximum Gasteiger partial charge on any atom is 0.273 e. The lowest BCUT2D eigenvalue weighted by atomic mass is 9.93. The number of para-hydroxylation sites is 1. The van der Waals surface area contributed by atoms with Crippen molar-refractivity contribution in [3.63, 3.8) is 0 Å².